The van der Waals surface area contributed by atoms with Crippen molar-refractivity contribution in [2.45, 2.75) is 37.0 Å². The molecule has 1 saturated carbocycles. The van der Waals surface area contributed by atoms with Gasteiger partial charge in [0.05, 0.1) is 4.90 Å². The van der Waals surface area contributed by atoms with Crippen molar-refractivity contribution >= 4 is 27.2 Å². The Labute approximate surface area is 153 Å². The van der Waals surface area contributed by atoms with Crippen LogP contribution in [0.15, 0.2) is 47.4 Å². The third-order valence-electron chi connectivity index (χ3n) is 4.77. The van der Waals surface area contributed by atoms with E-state index in [9.17, 15) is 18.0 Å². The number of benzene rings is 2. The van der Waals surface area contributed by atoms with Gasteiger partial charge in [-0.05, 0) is 54.7 Å². The average molecular weight is 371 g/mol. The van der Waals surface area contributed by atoms with E-state index in [0.717, 1.165) is 18.2 Å². The average Bonchev–Trinajstić information content (AvgIpc) is 3.01. The molecule has 3 rings (SSSR count). The summed E-state index contributed by atoms with van der Waals surface area (Å²) in [7, 11) is -3.38. The van der Waals surface area contributed by atoms with Gasteiger partial charge in [0.2, 0.25) is 0 Å². The number of ketones is 1. The van der Waals surface area contributed by atoms with Gasteiger partial charge in [-0.3, -0.25) is 9.59 Å². The summed E-state index contributed by atoms with van der Waals surface area (Å²) in [6.07, 6.45) is 3.22. The molecule has 0 radical (unpaired) electrons. The van der Waals surface area contributed by atoms with Crippen LogP contribution in [0.2, 0.25) is 0 Å². The van der Waals surface area contributed by atoms with Crippen molar-refractivity contribution in [2.24, 2.45) is 0 Å². The molecule has 5 nitrogen and oxygen atoms in total. The Balaban J connectivity index is 1.77. The van der Waals surface area contributed by atoms with E-state index in [1.807, 2.05) is 24.3 Å². The third-order valence-corrected chi connectivity index (χ3v) is 5.88. The zero-order chi connectivity index (χ0) is 18.9. The molecule has 1 fully saturated rings. The molecule has 1 amide bonds. The zero-order valence-electron chi connectivity index (χ0n) is 14.8. The highest BCUT2D eigenvalue weighted by atomic mass is 32.2. The number of carbonyl (C=O) groups excluding carboxylic acids is 2. The minimum Gasteiger partial charge on any atom is -0.322 e. The second-order valence-corrected chi connectivity index (χ2v) is 8.82. The zero-order valence-corrected chi connectivity index (χ0v) is 15.6. The maximum absolute atomic E-state index is 12.5. The normalized spacial score (nSPS) is 17.3. The molecule has 1 unspecified atom stereocenters. The lowest BCUT2D eigenvalue weighted by molar-refractivity contribution is -0.117. The molecule has 2 aromatic carbocycles. The first-order valence-corrected chi connectivity index (χ1v) is 10.4. The van der Waals surface area contributed by atoms with Gasteiger partial charge in [-0.1, -0.05) is 18.2 Å². The summed E-state index contributed by atoms with van der Waals surface area (Å²) in [5, 5.41) is 2.80. The van der Waals surface area contributed by atoms with E-state index >= 15 is 0 Å². The van der Waals surface area contributed by atoms with Crippen LogP contribution in [0.25, 0.3) is 0 Å². The summed E-state index contributed by atoms with van der Waals surface area (Å²) in [5.41, 5.74) is 2.77. The summed E-state index contributed by atoms with van der Waals surface area (Å²) in [4.78, 5) is 24.1. The molecule has 0 aliphatic heterocycles. The van der Waals surface area contributed by atoms with E-state index in [-0.39, 0.29) is 16.7 Å². The van der Waals surface area contributed by atoms with Gasteiger partial charge in [0.15, 0.2) is 9.84 Å². The molecule has 26 heavy (non-hydrogen) atoms. The number of nitrogens with one attached hydrogen (secondary N) is 1. The smallest absolute Gasteiger partial charge is 0.255 e. The number of rotatable bonds is 4. The topological polar surface area (TPSA) is 80.3 Å². The van der Waals surface area contributed by atoms with Gasteiger partial charge in [-0.15, -0.1) is 0 Å². The lowest BCUT2D eigenvalue weighted by atomic mass is 9.97. The van der Waals surface area contributed by atoms with E-state index < -0.39 is 9.84 Å². The van der Waals surface area contributed by atoms with Crippen molar-refractivity contribution in [2.75, 3.05) is 11.6 Å². The van der Waals surface area contributed by atoms with Gasteiger partial charge in [0, 0.05) is 30.3 Å². The molecular formula is C20H21NO4S. The standard InChI is InChI=1S/C20H21NO4S/c1-13-3-10-18(26(2,24)25)12-19(13)20(23)21-16-7-4-14(5-8-16)15-6-9-17(22)11-15/h3-5,7-8,10,12,15H,6,9,11H2,1-2H3,(H,21,23). The Morgan fingerprint density at radius 3 is 2.38 bits per heavy atom. The van der Waals surface area contributed by atoms with Crippen molar-refractivity contribution in [3.8, 4) is 0 Å². The van der Waals surface area contributed by atoms with Gasteiger partial charge in [0.1, 0.15) is 5.78 Å². The first kappa shape index (κ1) is 18.3. The number of sulfone groups is 1. The van der Waals surface area contributed by atoms with Crippen LogP contribution in [0.3, 0.4) is 0 Å². The van der Waals surface area contributed by atoms with E-state index in [1.165, 1.54) is 12.1 Å². The maximum atomic E-state index is 12.5. The highest BCUT2D eigenvalue weighted by molar-refractivity contribution is 7.90. The van der Waals surface area contributed by atoms with Gasteiger partial charge in [-0.25, -0.2) is 8.42 Å². The molecule has 0 aromatic heterocycles. The van der Waals surface area contributed by atoms with Gasteiger partial charge >= 0.3 is 0 Å². The first-order chi connectivity index (χ1) is 12.2. The van der Waals surface area contributed by atoms with Crippen LogP contribution < -0.4 is 5.32 Å². The van der Waals surface area contributed by atoms with Crippen LogP contribution in [0.4, 0.5) is 5.69 Å². The van der Waals surface area contributed by atoms with Crippen LogP contribution in [0, 0.1) is 6.92 Å². The van der Waals surface area contributed by atoms with E-state index in [0.29, 0.717) is 35.4 Å². The van der Waals surface area contributed by atoms with Crippen molar-refractivity contribution < 1.29 is 18.0 Å². The number of amides is 1. The Morgan fingerprint density at radius 1 is 1.12 bits per heavy atom. The fourth-order valence-corrected chi connectivity index (χ4v) is 3.86. The summed E-state index contributed by atoms with van der Waals surface area (Å²) in [6, 6.07) is 12.0. The van der Waals surface area contributed by atoms with E-state index in [2.05, 4.69) is 5.32 Å². The van der Waals surface area contributed by atoms with Crippen LogP contribution in [-0.4, -0.2) is 26.4 Å². The summed E-state index contributed by atoms with van der Waals surface area (Å²) in [6.45, 7) is 1.77. The molecule has 6 heteroatoms. The molecule has 0 saturated heterocycles. The third kappa shape index (κ3) is 4.02. The van der Waals surface area contributed by atoms with Crippen molar-refractivity contribution in [1.29, 1.82) is 0 Å². The molecule has 2 aromatic rings. The van der Waals surface area contributed by atoms with E-state index in [1.54, 1.807) is 13.0 Å². The second kappa shape index (κ2) is 7.03. The van der Waals surface area contributed by atoms with Crippen LogP contribution >= 0.6 is 0 Å². The second-order valence-electron chi connectivity index (χ2n) is 6.80. The highest BCUT2D eigenvalue weighted by Crippen LogP contribution is 2.32. The van der Waals surface area contributed by atoms with Crippen molar-refractivity contribution in [3.63, 3.8) is 0 Å². The quantitative estimate of drug-likeness (QED) is 0.892. The molecule has 1 atom stereocenters. The predicted molar refractivity (Wildman–Crippen MR) is 100 cm³/mol. The minimum absolute atomic E-state index is 0.120. The number of anilines is 1. The predicted octanol–water partition coefficient (Wildman–Crippen LogP) is 3.49. The Morgan fingerprint density at radius 2 is 1.81 bits per heavy atom. The maximum Gasteiger partial charge on any atom is 0.255 e. The van der Waals surface area contributed by atoms with Crippen molar-refractivity contribution in [1.82, 2.24) is 0 Å². The molecule has 1 N–H and O–H groups in total. The fraction of sp³-hybridized carbons (Fsp3) is 0.300. The lowest BCUT2D eigenvalue weighted by Gasteiger charge is -2.12. The first-order valence-electron chi connectivity index (χ1n) is 8.48. The lowest BCUT2D eigenvalue weighted by Crippen LogP contribution is -2.14. The number of hydrogen-bond donors (Lipinski definition) is 1. The fourth-order valence-electron chi connectivity index (χ4n) is 3.21. The molecule has 0 spiro atoms. The van der Waals surface area contributed by atoms with Gasteiger partial charge in [0.25, 0.3) is 5.91 Å². The van der Waals surface area contributed by atoms with Gasteiger partial charge < -0.3 is 5.32 Å². The molecular weight excluding hydrogens is 350 g/mol. The highest BCUT2D eigenvalue weighted by Gasteiger charge is 2.23. The summed E-state index contributed by atoms with van der Waals surface area (Å²) in [5.74, 6) is 0.214. The molecule has 1 aliphatic carbocycles. The summed E-state index contributed by atoms with van der Waals surface area (Å²) >= 11 is 0. The Hall–Kier alpha value is -2.47. The number of Topliss-reactive ketones (excluding diaryl/α,β-unsaturated/α-hetero) is 1. The molecule has 0 heterocycles. The van der Waals surface area contributed by atoms with Crippen molar-refractivity contribution in [3.05, 3.63) is 59.2 Å². The van der Waals surface area contributed by atoms with Crippen LogP contribution in [0.1, 0.15) is 46.7 Å². The van der Waals surface area contributed by atoms with Gasteiger partial charge in [-0.2, -0.15) is 0 Å². The Bertz CT molecular complexity index is 962. The minimum atomic E-state index is -3.38. The molecule has 0 bridgehead atoms. The number of hydrogen-bond acceptors (Lipinski definition) is 4. The number of carbonyl (C=O) groups is 2. The monoisotopic (exact) mass is 371 g/mol. The SMILES string of the molecule is Cc1ccc(S(C)(=O)=O)cc1C(=O)Nc1ccc(C2CCC(=O)C2)cc1. The van der Waals surface area contributed by atoms with E-state index in [4.69, 9.17) is 0 Å². The summed E-state index contributed by atoms with van der Waals surface area (Å²) < 4.78 is 23.4. The number of aryl methyl sites for hydroxylation is 1. The Kier molecular flexibility index (Phi) is 4.96. The molecule has 136 valence electrons. The largest absolute Gasteiger partial charge is 0.322 e. The molecule has 1 aliphatic rings. The van der Waals surface area contributed by atoms with Crippen LogP contribution in [-0.2, 0) is 14.6 Å². The van der Waals surface area contributed by atoms with Crippen LogP contribution in [0.5, 0.6) is 0 Å².